The van der Waals surface area contributed by atoms with E-state index in [1.165, 1.54) is 12.1 Å². The molecule has 2 aromatic carbocycles. The van der Waals surface area contributed by atoms with Crippen molar-refractivity contribution in [2.45, 2.75) is 6.42 Å². The Labute approximate surface area is 124 Å². The van der Waals surface area contributed by atoms with Gasteiger partial charge in [-0.3, -0.25) is 4.79 Å². The molecule has 0 fully saturated rings. The predicted octanol–water partition coefficient (Wildman–Crippen LogP) is 3.37. The Morgan fingerprint density at radius 1 is 1.30 bits per heavy atom. The third kappa shape index (κ3) is 2.08. The minimum Gasteiger partial charge on any atom is -0.397 e. The Balaban J connectivity index is 2.02. The molecule has 20 heavy (non-hydrogen) atoms. The van der Waals surface area contributed by atoms with E-state index in [1.54, 1.807) is 17.0 Å². The largest absolute Gasteiger partial charge is 0.397 e. The number of anilines is 2. The summed E-state index contributed by atoms with van der Waals surface area (Å²) in [6, 6.07) is 9.99. The molecule has 0 saturated carbocycles. The molecule has 0 unspecified atom stereocenters. The number of benzene rings is 2. The number of rotatable bonds is 1. The van der Waals surface area contributed by atoms with Crippen LogP contribution in [0.4, 0.5) is 15.8 Å². The van der Waals surface area contributed by atoms with Crippen LogP contribution in [0, 0.1) is 5.82 Å². The quantitative estimate of drug-likeness (QED) is 0.812. The van der Waals surface area contributed by atoms with Crippen molar-refractivity contribution < 1.29 is 9.18 Å². The lowest BCUT2D eigenvalue weighted by Gasteiger charge is -2.19. The molecule has 3 nitrogen and oxygen atoms in total. The van der Waals surface area contributed by atoms with Crippen LogP contribution in [0.25, 0.3) is 0 Å². The third-order valence-corrected chi connectivity index (χ3v) is 3.93. The van der Waals surface area contributed by atoms with Crippen LogP contribution in [-0.4, -0.2) is 12.5 Å². The molecule has 0 saturated heterocycles. The fourth-order valence-corrected chi connectivity index (χ4v) is 2.83. The van der Waals surface area contributed by atoms with Gasteiger partial charge in [0, 0.05) is 11.0 Å². The zero-order chi connectivity index (χ0) is 14.3. The van der Waals surface area contributed by atoms with Gasteiger partial charge < -0.3 is 10.6 Å². The fraction of sp³-hybridized carbons (Fsp3) is 0.133. The number of nitrogens with zero attached hydrogens (tertiary/aromatic N) is 1. The van der Waals surface area contributed by atoms with Gasteiger partial charge in [-0.15, -0.1) is 0 Å². The predicted molar refractivity (Wildman–Crippen MR) is 80.3 cm³/mol. The van der Waals surface area contributed by atoms with Crippen LogP contribution in [0.3, 0.4) is 0 Å². The SMILES string of the molecule is Nc1cccc2c1N(C(=O)c1ccc(Br)cc1F)CC2. The van der Waals surface area contributed by atoms with Gasteiger partial charge in [-0.2, -0.15) is 0 Å². The minimum atomic E-state index is -0.535. The number of halogens is 2. The zero-order valence-electron chi connectivity index (χ0n) is 10.6. The molecule has 0 aliphatic carbocycles. The molecule has 5 heteroatoms. The van der Waals surface area contributed by atoms with Gasteiger partial charge in [0.15, 0.2) is 0 Å². The first-order valence-electron chi connectivity index (χ1n) is 6.22. The Morgan fingerprint density at radius 3 is 2.85 bits per heavy atom. The van der Waals surface area contributed by atoms with Crippen LogP contribution in [0.2, 0.25) is 0 Å². The Morgan fingerprint density at radius 2 is 2.10 bits per heavy atom. The van der Waals surface area contributed by atoms with Gasteiger partial charge in [0.05, 0.1) is 16.9 Å². The maximum atomic E-state index is 13.9. The lowest BCUT2D eigenvalue weighted by atomic mass is 10.1. The van der Waals surface area contributed by atoms with Crippen molar-refractivity contribution in [3.05, 3.63) is 57.8 Å². The topological polar surface area (TPSA) is 46.3 Å². The fourth-order valence-electron chi connectivity index (χ4n) is 2.50. The third-order valence-electron chi connectivity index (χ3n) is 3.43. The van der Waals surface area contributed by atoms with Crippen molar-refractivity contribution in [3.63, 3.8) is 0 Å². The number of carbonyl (C=O) groups is 1. The van der Waals surface area contributed by atoms with Gasteiger partial charge in [0.1, 0.15) is 5.82 Å². The molecule has 0 atom stereocenters. The summed E-state index contributed by atoms with van der Waals surface area (Å²) >= 11 is 3.18. The van der Waals surface area contributed by atoms with E-state index >= 15 is 0 Å². The molecular weight excluding hydrogens is 323 g/mol. The van der Waals surface area contributed by atoms with Gasteiger partial charge in [-0.1, -0.05) is 28.1 Å². The number of fused-ring (bicyclic) bond motifs is 1. The highest BCUT2D eigenvalue weighted by molar-refractivity contribution is 9.10. The van der Waals surface area contributed by atoms with Gasteiger partial charge in [0.25, 0.3) is 5.91 Å². The molecule has 2 aromatic rings. The molecule has 0 bridgehead atoms. The molecule has 1 amide bonds. The minimum absolute atomic E-state index is 0.0595. The number of hydrogen-bond acceptors (Lipinski definition) is 2. The number of para-hydroxylation sites is 1. The van der Waals surface area contributed by atoms with Crippen molar-refractivity contribution in [2.75, 3.05) is 17.2 Å². The van der Waals surface area contributed by atoms with Crippen molar-refractivity contribution in [1.29, 1.82) is 0 Å². The molecular formula is C15H12BrFN2O. The summed E-state index contributed by atoms with van der Waals surface area (Å²) in [5.74, 6) is -0.890. The number of nitrogens with two attached hydrogens (primary N) is 1. The zero-order valence-corrected chi connectivity index (χ0v) is 12.2. The molecule has 0 radical (unpaired) electrons. The highest BCUT2D eigenvalue weighted by Crippen LogP contribution is 2.34. The van der Waals surface area contributed by atoms with E-state index in [-0.39, 0.29) is 11.5 Å². The van der Waals surface area contributed by atoms with Crippen molar-refractivity contribution in [1.82, 2.24) is 0 Å². The monoisotopic (exact) mass is 334 g/mol. The Bertz CT molecular complexity index is 702. The number of carbonyl (C=O) groups excluding carboxylic acids is 1. The molecule has 0 spiro atoms. The average molecular weight is 335 g/mol. The lowest BCUT2D eigenvalue weighted by Crippen LogP contribution is -2.30. The summed E-state index contributed by atoms with van der Waals surface area (Å²) in [6.45, 7) is 0.526. The van der Waals surface area contributed by atoms with Gasteiger partial charge in [-0.05, 0) is 36.2 Å². The first-order chi connectivity index (χ1) is 9.58. The second kappa shape index (κ2) is 4.90. The van der Waals surface area contributed by atoms with Crippen LogP contribution in [0.15, 0.2) is 40.9 Å². The summed E-state index contributed by atoms with van der Waals surface area (Å²) in [7, 11) is 0. The van der Waals surface area contributed by atoms with E-state index in [0.717, 1.165) is 12.0 Å². The van der Waals surface area contributed by atoms with Crippen LogP contribution in [0.5, 0.6) is 0 Å². The van der Waals surface area contributed by atoms with E-state index in [4.69, 9.17) is 5.73 Å². The van der Waals surface area contributed by atoms with Crippen LogP contribution in [0.1, 0.15) is 15.9 Å². The van der Waals surface area contributed by atoms with Crippen molar-refractivity contribution in [2.24, 2.45) is 0 Å². The highest BCUT2D eigenvalue weighted by atomic mass is 79.9. The lowest BCUT2D eigenvalue weighted by molar-refractivity contribution is 0.0985. The van der Waals surface area contributed by atoms with Gasteiger partial charge in [-0.25, -0.2) is 4.39 Å². The molecule has 1 heterocycles. The Kier molecular flexibility index (Phi) is 3.22. The normalized spacial score (nSPS) is 13.4. The second-order valence-electron chi connectivity index (χ2n) is 4.69. The summed E-state index contributed by atoms with van der Waals surface area (Å²) < 4.78 is 14.5. The van der Waals surface area contributed by atoms with E-state index in [1.807, 2.05) is 12.1 Å². The summed E-state index contributed by atoms with van der Waals surface area (Å²) in [4.78, 5) is 14.1. The maximum absolute atomic E-state index is 13.9. The highest BCUT2D eigenvalue weighted by Gasteiger charge is 2.28. The summed E-state index contributed by atoms with van der Waals surface area (Å²) in [5, 5.41) is 0. The molecule has 1 aliphatic heterocycles. The smallest absolute Gasteiger partial charge is 0.261 e. The second-order valence-corrected chi connectivity index (χ2v) is 5.60. The number of amides is 1. The molecule has 1 aliphatic rings. The van der Waals surface area contributed by atoms with E-state index in [0.29, 0.717) is 22.4 Å². The van der Waals surface area contributed by atoms with Crippen LogP contribution in [-0.2, 0) is 6.42 Å². The maximum Gasteiger partial charge on any atom is 0.261 e. The van der Waals surface area contributed by atoms with Crippen molar-refractivity contribution in [3.8, 4) is 0 Å². The standard InChI is InChI=1S/C15H12BrFN2O/c16-10-4-5-11(12(17)8-10)15(20)19-7-6-9-2-1-3-13(18)14(9)19/h1-5,8H,6-7,18H2. The molecule has 0 aromatic heterocycles. The first kappa shape index (κ1) is 13.1. The molecule has 2 N–H and O–H groups in total. The van der Waals surface area contributed by atoms with Gasteiger partial charge >= 0.3 is 0 Å². The van der Waals surface area contributed by atoms with E-state index in [2.05, 4.69) is 15.9 Å². The van der Waals surface area contributed by atoms with E-state index in [9.17, 15) is 9.18 Å². The van der Waals surface area contributed by atoms with Gasteiger partial charge in [0.2, 0.25) is 0 Å². The molecule has 102 valence electrons. The average Bonchev–Trinajstić information content (AvgIpc) is 2.83. The molecule has 3 rings (SSSR count). The van der Waals surface area contributed by atoms with Crippen molar-refractivity contribution >= 4 is 33.2 Å². The number of hydrogen-bond donors (Lipinski definition) is 1. The first-order valence-corrected chi connectivity index (χ1v) is 7.01. The van der Waals surface area contributed by atoms with E-state index < -0.39 is 5.82 Å². The summed E-state index contributed by atoms with van der Waals surface area (Å²) in [6.07, 6.45) is 0.740. The Hall–Kier alpha value is -1.88. The van der Waals surface area contributed by atoms with Crippen LogP contribution >= 0.6 is 15.9 Å². The number of nitrogen functional groups attached to an aromatic ring is 1. The summed E-state index contributed by atoms with van der Waals surface area (Å²) in [5.41, 5.74) is 8.28. The van der Waals surface area contributed by atoms with Crippen LogP contribution < -0.4 is 10.6 Å².